The Balaban J connectivity index is 1.88. The van der Waals surface area contributed by atoms with E-state index >= 15 is 0 Å². The minimum atomic E-state index is -0.222. The molecule has 120 valence electrons. The van der Waals surface area contributed by atoms with Gasteiger partial charge in [0.25, 0.3) is 5.91 Å². The number of ether oxygens (including phenoxy) is 1. The molecule has 1 aliphatic heterocycles. The van der Waals surface area contributed by atoms with Crippen molar-refractivity contribution in [2.24, 2.45) is 0 Å². The van der Waals surface area contributed by atoms with Gasteiger partial charge in [-0.05, 0) is 43.2 Å². The van der Waals surface area contributed by atoms with Gasteiger partial charge in [-0.15, -0.1) is 0 Å². The van der Waals surface area contributed by atoms with Crippen molar-refractivity contribution in [3.05, 3.63) is 47.1 Å². The number of hydrogen-bond donors (Lipinski definition) is 1. The van der Waals surface area contributed by atoms with Crippen LogP contribution in [0.4, 0.5) is 11.5 Å². The lowest BCUT2D eigenvalue weighted by atomic mass is 10.2. The predicted molar refractivity (Wildman–Crippen MR) is 91.6 cm³/mol. The number of nitrogens with zero attached hydrogens (tertiary/aromatic N) is 2. The van der Waals surface area contributed by atoms with Gasteiger partial charge in [0.1, 0.15) is 11.6 Å². The van der Waals surface area contributed by atoms with E-state index in [2.05, 4.69) is 15.2 Å². The molecule has 5 nitrogen and oxygen atoms in total. The highest BCUT2D eigenvalue weighted by molar-refractivity contribution is 6.31. The second kappa shape index (κ2) is 6.87. The van der Waals surface area contributed by atoms with E-state index in [4.69, 9.17) is 16.3 Å². The van der Waals surface area contributed by atoms with Crippen molar-refractivity contribution in [3.63, 3.8) is 0 Å². The van der Waals surface area contributed by atoms with Crippen molar-refractivity contribution in [1.29, 1.82) is 0 Å². The van der Waals surface area contributed by atoms with E-state index in [-0.39, 0.29) is 5.91 Å². The van der Waals surface area contributed by atoms with E-state index in [1.807, 2.05) is 0 Å². The second-order valence-corrected chi connectivity index (χ2v) is 5.80. The van der Waals surface area contributed by atoms with Gasteiger partial charge < -0.3 is 15.0 Å². The van der Waals surface area contributed by atoms with Gasteiger partial charge in [-0.3, -0.25) is 4.79 Å². The van der Waals surface area contributed by atoms with E-state index in [9.17, 15) is 4.79 Å². The van der Waals surface area contributed by atoms with Crippen LogP contribution in [0.25, 0.3) is 0 Å². The molecule has 1 amide bonds. The maximum atomic E-state index is 12.7. The Morgan fingerprint density at radius 2 is 2.09 bits per heavy atom. The average Bonchev–Trinajstić information content (AvgIpc) is 3.09. The molecular formula is C17H18ClN3O2. The van der Waals surface area contributed by atoms with Crippen molar-refractivity contribution in [2.75, 3.05) is 30.4 Å². The van der Waals surface area contributed by atoms with Gasteiger partial charge in [0.15, 0.2) is 0 Å². The van der Waals surface area contributed by atoms with Gasteiger partial charge in [0.2, 0.25) is 0 Å². The minimum absolute atomic E-state index is 0.222. The van der Waals surface area contributed by atoms with Crippen molar-refractivity contribution in [3.8, 4) is 5.75 Å². The fourth-order valence-electron chi connectivity index (χ4n) is 2.72. The summed E-state index contributed by atoms with van der Waals surface area (Å²) < 4.78 is 5.27. The van der Waals surface area contributed by atoms with Crippen LogP contribution in [0.5, 0.6) is 5.75 Å². The Morgan fingerprint density at radius 3 is 2.83 bits per heavy atom. The average molecular weight is 332 g/mol. The van der Waals surface area contributed by atoms with E-state index < -0.39 is 0 Å². The number of methoxy groups -OCH3 is 1. The molecule has 23 heavy (non-hydrogen) atoms. The molecule has 0 spiro atoms. The Hall–Kier alpha value is -2.27. The number of pyridine rings is 1. The maximum absolute atomic E-state index is 12.7. The normalized spacial score (nSPS) is 13.9. The number of aromatic nitrogens is 1. The molecule has 1 N–H and O–H groups in total. The molecule has 0 unspecified atom stereocenters. The van der Waals surface area contributed by atoms with Crippen LogP contribution in [0.2, 0.25) is 5.02 Å². The second-order valence-electron chi connectivity index (χ2n) is 5.37. The van der Waals surface area contributed by atoms with E-state index in [0.717, 1.165) is 31.7 Å². The summed E-state index contributed by atoms with van der Waals surface area (Å²) in [4.78, 5) is 19.2. The molecule has 0 atom stereocenters. The smallest absolute Gasteiger partial charge is 0.259 e. The number of hydrogen-bond acceptors (Lipinski definition) is 4. The van der Waals surface area contributed by atoms with Crippen LogP contribution >= 0.6 is 11.6 Å². The van der Waals surface area contributed by atoms with Crippen LogP contribution in [-0.2, 0) is 0 Å². The van der Waals surface area contributed by atoms with Crippen LogP contribution in [0.1, 0.15) is 23.2 Å². The Kier molecular flexibility index (Phi) is 4.67. The number of rotatable bonds is 4. The quantitative estimate of drug-likeness (QED) is 0.930. The third-order valence-electron chi connectivity index (χ3n) is 3.85. The molecule has 3 rings (SSSR count). The molecule has 1 fully saturated rings. The van der Waals surface area contributed by atoms with Crippen molar-refractivity contribution >= 4 is 29.0 Å². The molecular weight excluding hydrogens is 314 g/mol. The molecule has 1 aromatic heterocycles. The molecule has 1 saturated heterocycles. The van der Waals surface area contributed by atoms with E-state index in [1.54, 1.807) is 43.6 Å². The Bertz CT molecular complexity index is 715. The Labute approximate surface area is 140 Å². The van der Waals surface area contributed by atoms with Crippen LogP contribution < -0.4 is 15.0 Å². The van der Waals surface area contributed by atoms with Crippen LogP contribution in [0.15, 0.2) is 36.5 Å². The number of benzene rings is 1. The topological polar surface area (TPSA) is 54.5 Å². The first-order chi connectivity index (χ1) is 11.2. The lowest BCUT2D eigenvalue weighted by Crippen LogP contribution is -2.24. The standard InChI is InChI=1S/C17H18ClN3O2/c1-23-15-7-6-12(18)11-14(15)20-17(22)13-5-4-8-19-16(13)21-9-2-3-10-21/h4-8,11H,2-3,9-10H2,1H3,(H,20,22). The summed E-state index contributed by atoms with van der Waals surface area (Å²) in [5.74, 6) is 1.07. The van der Waals surface area contributed by atoms with Gasteiger partial charge in [-0.2, -0.15) is 0 Å². The molecule has 2 heterocycles. The first kappa shape index (κ1) is 15.6. The number of anilines is 2. The molecule has 6 heteroatoms. The van der Waals surface area contributed by atoms with Crippen LogP contribution in [0, 0.1) is 0 Å². The molecule has 2 aromatic rings. The first-order valence-electron chi connectivity index (χ1n) is 7.54. The number of halogens is 1. The fourth-order valence-corrected chi connectivity index (χ4v) is 2.89. The van der Waals surface area contributed by atoms with Gasteiger partial charge in [0.05, 0.1) is 18.4 Å². The number of carbonyl (C=O) groups excluding carboxylic acids is 1. The fraction of sp³-hybridized carbons (Fsp3) is 0.294. The first-order valence-corrected chi connectivity index (χ1v) is 7.91. The number of amides is 1. The maximum Gasteiger partial charge on any atom is 0.259 e. The highest BCUT2D eigenvalue weighted by atomic mass is 35.5. The lowest BCUT2D eigenvalue weighted by molar-refractivity contribution is 0.102. The summed E-state index contributed by atoms with van der Waals surface area (Å²) >= 11 is 6.01. The third-order valence-corrected chi connectivity index (χ3v) is 4.08. The number of nitrogens with one attached hydrogen (secondary N) is 1. The zero-order valence-electron chi connectivity index (χ0n) is 12.9. The molecule has 0 radical (unpaired) electrons. The van der Waals surface area contributed by atoms with Crippen molar-refractivity contribution in [1.82, 2.24) is 4.98 Å². The molecule has 1 aliphatic rings. The predicted octanol–water partition coefficient (Wildman–Crippen LogP) is 3.60. The minimum Gasteiger partial charge on any atom is -0.495 e. The summed E-state index contributed by atoms with van der Waals surface area (Å²) in [7, 11) is 1.55. The Morgan fingerprint density at radius 1 is 1.30 bits per heavy atom. The summed E-state index contributed by atoms with van der Waals surface area (Å²) in [6, 6.07) is 8.67. The van der Waals surface area contributed by atoms with Gasteiger partial charge >= 0.3 is 0 Å². The van der Waals surface area contributed by atoms with Crippen LogP contribution in [-0.4, -0.2) is 31.1 Å². The summed E-state index contributed by atoms with van der Waals surface area (Å²) in [6.07, 6.45) is 3.96. The molecule has 0 aliphatic carbocycles. The zero-order chi connectivity index (χ0) is 16.2. The summed E-state index contributed by atoms with van der Waals surface area (Å²) in [5.41, 5.74) is 1.10. The monoisotopic (exact) mass is 331 g/mol. The molecule has 1 aromatic carbocycles. The van der Waals surface area contributed by atoms with Gasteiger partial charge in [-0.25, -0.2) is 4.98 Å². The van der Waals surface area contributed by atoms with Gasteiger partial charge in [0, 0.05) is 24.3 Å². The highest BCUT2D eigenvalue weighted by Crippen LogP contribution is 2.29. The molecule has 0 saturated carbocycles. The lowest BCUT2D eigenvalue weighted by Gasteiger charge is -2.19. The summed E-state index contributed by atoms with van der Waals surface area (Å²) in [6.45, 7) is 1.86. The van der Waals surface area contributed by atoms with Crippen LogP contribution in [0.3, 0.4) is 0 Å². The molecule has 0 bridgehead atoms. The van der Waals surface area contributed by atoms with E-state index in [1.165, 1.54) is 0 Å². The highest BCUT2D eigenvalue weighted by Gasteiger charge is 2.21. The third kappa shape index (κ3) is 3.40. The van der Waals surface area contributed by atoms with Crippen molar-refractivity contribution in [2.45, 2.75) is 12.8 Å². The van der Waals surface area contributed by atoms with Crippen molar-refractivity contribution < 1.29 is 9.53 Å². The van der Waals surface area contributed by atoms with E-state index in [0.29, 0.717) is 22.0 Å². The zero-order valence-corrected chi connectivity index (χ0v) is 13.6. The SMILES string of the molecule is COc1ccc(Cl)cc1NC(=O)c1cccnc1N1CCCC1. The number of carbonyl (C=O) groups is 1. The van der Waals surface area contributed by atoms with Gasteiger partial charge in [-0.1, -0.05) is 11.6 Å². The summed E-state index contributed by atoms with van der Waals surface area (Å²) in [5, 5.41) is 3.40. The largest absolute Gasteiger partial charge is 0.495 e.